The normalized spacial score (nSPS) is 24.1. The smallest absolute Gasteiger partial charge is 0.256 e. The molecular formula is C15H23ClN4O3S. The van der Waals surface area contributed by atoms with Gasteiger partial charge in [-0.3, -0.25) is 4.79 Å². The predicted molar refractivity (Wildman–Crippen MR) is 95.6 cm³/mol. The summed E-state index contributed by atoms with van der Waals surface area (Å²) in [4.78, 5) is 14.2. The molecule has 0 aromatic heterocycles. The first-order valence-corrected chi connectivity index (χ1v) is 9.47. The van der Waals surface area contributed by atoms with Crippen LogP contribution in [0, 0.1) is 5.41 Å². The molecule has 0 atom stereocenters. The van der Waals surface area contributed by atoms with E-state index in [1.807, 2.05) is 0 Å². The number of sulfonamides is 1. The first-order chi connectivity index (χ1) is 10.9. The molecule has 0 aromatic rings. The topological polar surface area (TPSA) is 90.9 Å². The Balaban J connectivity index is 0.00000208. The molecule has 3 rings (SSSR count). The number of hydrogen-bond donors (Lipinski definition) is 2. The van der Waals surface area contributed by atoms with Crippen LogP contribution in [0.15, 0.2) is 28.3 Å². The lowest BCUT2D eigenvalue weighted by Gasteiger charge is -2.34. The Morgan fingerprint density at radius 2 is 2.12 bits per heavy atom. The number of rotatable bonds is 3. The highest BCUT2D eigenvalue weighted by Crippen LogP contribution is 2.27. The lowest BCUT2D eigenvalue weighted by atomic mass is 9.81. The van der Waals surface area contributed by atoms with Crippen molar-refractivity contribution >= 4 is 34.2 Å². The second-order valence-electron chi connectivity index (χ2n) is 6.56. The zero-order chi connectivity index (χ0) is 16.5. The van der Waals surface area contributed by atoms with E-state index < -0.39 is 10.0 Å². The first-order valence-electron chi connectivity index (χ1n) is 7.86. The molecule has 134 valence electrons. The van der Waals surface area contributed by atoms with Crippen molar-refractivity contribution in [2.75, 3.05) is 31.9 Å². The van der Waals surface area contributed by atoms with Gasteiger partial charge in [-0.15, -0.1) is 16.8 Å². The van der Waals surface area contributed by atoms with Crippen molar-refractivity contribution < 1.29 is 13.2 Å². The van der Waals surface area contributed by atoms with Crippen LogP contribution in [-0.2, 0) is 14.8 Å². The third kappa shape index (κ3) is 4.17. The van der Waals surface area contributed by atoms with Gasteiger partial charge in [-0.1, -0.05) is 6.92 Å². The Hall–Kier alpha value is -1.38. The van der Waals surface area contributed by atoms with E-state index in [-0.39, 0.29) is 35.3 Å². The van der Waals surface area contributed by atoms with E-state index >= 15 is 0 Å². The monoisotopic (exact) mass is 374 g/mol. The number of halogens is 1. The highest BCUT2D eigenvalue weighted by Gasteiger charge is 2.32. The Morgan fingerprint density at radius 3 is 2.83 bits per heavy atom. The third-order valence-electron chi connectivity index (χ3n) is 4.59. The van der Waals surface area contributed by atoms with Gasteiger partial charge in [0.15, 0.2) is 5.84 Å². The fraction of sp³-hybridized carbons (Fsp3) is 0.600. The summed E-state index contributed by atoms with van der Waals surface area (Å²) < 4.78 is 27.2. The zero-order valence-electron chi connectivity index (χ0n) is 13.6. The van der Waals surface area contributed by atoms with Crippen LogP contribution in [0.2, 0.25) is 0 Å². The number of amidine groups is 1. The van der Waals surface area contributed by atoms with Crippen molar-refractivity contribution in [3.05, 3.63) is 23.9 Å². The maximum absolute atomic E-state index is 12.5. The number of carbonyl (C=O) groups excluding carboxylic acids is 1. The molecule has 1 amide bonds. The molecule has 24 heavy (non-hydrogen) atoms. The van der Waals surface area contributed by atoms with Gasteiger partial charge in [-0.2, -0.15) is 0 Å². The van der Waals surface area contributed by atoms with Crippen LogP contribution >= 0.6 is 12.4 Å². The fourth-order valence-corrected chi connectivity index (χ4v) is 3.97. The molecule has 3 aliphatic rings. The Labute approximate surface area is 148 Å². The van der Waals surface area contributed by atoms with Crippen molar-refractivity contribution in [2.45, 2.75) is 19.8 Å². The number of carbonyl (C=O) groups is 1. The van der Waals surface area contributed by atoms with Crippen molar-refractivity contribution in [2.24, 2.45) is 9.81 Å². The van der Waals surface area contributed by atoms with Gasteiger partial charge in [-0.05, 0) is 43.5 Å². The molecule has 1 fully saturated rings. The van der Waals surface area contributed by atoms with Crippen LogP contribution in [-0.4, -0.2) is 57.0 Å². The number of amides is 1. The van der Waals surface area contributed by atoms with Gasteiger partial charge >= 0.3 is 0 Å². The van der Waals surface area contributed by atoms with Gasteiger partial charge in [0.05, 0.1) is 11.3 Å². The quantitative estimate of drug-likeness (QED) is 0.746. The second-order valence-corrected chi connectivity index (χ2v) is 8.31. The van der Waals surface area contributed by atoms with Gasteiger partial charge < -0.3 is 15.5 Å². The molecule has 9 heteroatoms. The highest BCUT2D eigenvalue weighted by atomic mass is 35.5. The van der Waals surface area contributed by atoms with Crippen LogP contribution in [0.25, 0.3) is 0 Å². The molecule has 0 spiro atoms. The molecule has 0 saturated carbocycles. The SMILES string of the molecule is CC1(CNC(=O)C2=CC=CN3CCS(=O)(=O)N=C23)CCNCC1.Cl. The van der Waals surface area contributed by atoms with E-state index in [0.29, 0.717) is 18.7 Å². The summed E-state index contributed by atoms with van der Waals surface area (Å²) in [5.74, 6) is -0.0671. The summed E-state index contributed by atoms with van der Waals surface area (Å²) in [6.45, 7) is 4.98. The van der Waals surface area contributed by atoms with Crippen molar-refractivity contribution in [1.82, 2.24) is 15.5 Å². The van der Waals surface area contributed by atoms with Crippen LogP contribution in [0.5, 0.6) is 0 Å². The predicted octanol–water partition coefficient (Wildman–Crippen LogP) is 0.412. The molecule has 3 aliphatic heterocycles. The van der Waals surface area contributed by atoms with Crippen LogP contribution in [0.3, 0.4) is 0 Å². The summed E-state index contributed by atoms with van der Waals surface area (Å²) in [6.07, 6.45) is 7.13. The molecule has 0 radical (unpaired) electrons. The third-order valence-corrected chi connectivity index (χ3v) is 5.74. The molecule has 1 saturated heterocycles. The maximum Gasteiger partial charge on any atom is 0.256 e. The summed E-state index contributed by atoms with van der Waals surface area (Å²) in [5, 5.41) is 6.26. The number of allylic oxidation sites excluding steroid dienone is 2. The molecule has 0 unspecified atom stereocenters. The van der Waals surface area contributed by atoms with Gasteiger partial charge in [0.25, 0.3) is 15.9 Å². The van der Waals surface area contributed by atoms with Crippen molar-refractivity contribution in [3.63, 3.8) is 0 Å². The largest absolute Gasteiger partial charge is 0.351 e. The standard InChI is InChI=1S/C15H22N4O3S.ClH/c1-15(4-6-16-7-5-15)11-17-14(20)12-3-2-8-19-9-10-23(21,22)18-13(12)19;/h2-3,8,16H,4-7,9-11H2,1H3,(H,17,20);1H. The van der Waals surface area contributed by atoms with Gasteiger partial charge in [0, 0.05) is 19.3 Å². The van der Waals surface area contributed by atoms with E-state index in [0.717, 1.165) is 25.9 Å². The van der Waals surface area contributed by atoms with E-state index in [1.54, 1.807) is 23.3 Å². The lowest BCUT2D eigenvalue weighted by molar-refractivity contribution is -0.117. The Morgan fingerprint density at radius 1 is 1.42 bits per heavy atom. The number of piperidine rings is 1. The zero-order valence-corrected chi connectivity index (χ0v) is 15.3. The van der Waals surface area contributed by atoms with E-state index in [1.165, 1.54) is 0 Å². The molecule has 7 nitrogen and oxygen atoms in total. The summed E-state index contributed by atoms with van der Waals surface area (Å²) in [7, 11) is -3.48. The number of fused-ring (bicyclic) bond motifs is 1. The minimum atomic E-state index is -3.48. The summed E-state index contributed by atoms with van der Waals surface area (Å²) in [6, 6.07) is 0. The van der Waals surface area contributed by atoms with Crippen LogP contribution < -0.4 is 10.6 Å². The molecule has 0 bridgehead atoms. The number of nitrogens with one attached hydrogen (secondary N) is 2. The maximum atomic E-state index is 12.5. The molecule has 2 N–H and O–H groups in total. The van der Waals surface area contributed by atoms with E-state index in [2.05, 4.69) is 22.0 Å². The average Bonchev–Trinajstić information content (AvgIpc) is 2.52. The lowest BCUT2D eigenvalue weighted by Crippen LogP contribution is -2.46. The number of nitrogens with zero attached hydrogens (tertiary/aromatic N) is 2. The van der Waals surface area contributed by atoms with E-state index in [4.69, 9.17) is 0 Å². The van der Waals surface area contributed by atoms with Gasteiger partial charge in [0.1, 0.15) is 0 Å². The second kappa shape index (κ2) is 7.25. The minimum Gasteiger partial charge on any atom is -0.351 e. The summed E-state index contributed by atoms with van der Waals surface area (Å²) in [5.41, 5.74) is 0.389. The van der Waals surface area contributed by atoms with Crippen molar-refractivity contribution in [3.8, 4) is 0 Å². The van der Waals surface area contributed by atoms with E-state index in [9.17, 15) is 13.2 Å². The molecular weight excluding hydrogens is 352 g/mol. The first kappa shape index (κ1) is 19.0. The fourth-order valence-electron chi connectivity index (χ4n) is 2.99. The number of hydrogen-bond acceptors (Lipinski definition) is 5. The Bertz CT molecular complexity index is 694. The average molecular weight is 375 g/mol. The molecule has 0 aromatic carbocycles. The van der Waals surface area contributed by atoms with Crippen LogP contribution in [0.4, 0.5) is 0 Å². The van der Waals surface area contributed by atoms with Gasteiger partial charge in [-0.25, -0.2) is 8.42 Å². The summed E-state index contributed by atoms with van der Waals surface area (Å²) >= 11 is 0. The van der Waals surface area contributed by atoms with Crippen LogP contribution in [0.1, 0.15) is 19.8 Å². The molecule has 0 aliphatic carbocycles. The van der Waals surface area contributed by atoms with Crippen molar-refractivity contribution in [1.29, 1.82) is 0 Å². The Kier molecular flexibility index (Phi) is 5.72. The highest BCUT2D eigenvalue weighted by molar-refractivity contribution is 7.90. The van der Waals surface area contributed by atoms with Gasteiger partial charge in [0.2, 0.25) is 0 Å². The minimum absolute atomic E-state index is 0. The molecule has 3 heterocycles.